The Morgan fingerprint density at radius 2 is 2.17 bits per heavy atom. The van der Waals surface area contributed by atoms with Crippen molar-refractivity contribution in [3.05, 3.63) is 29.8 Å². The van der Waals surface area contributed by atoms with E-state index < -0.39 is 0 Å². The molecule has 0 unspecified atom stereocenters. The zero-order valence-electron chi connectivity index (χ0n) is 6.91. The Hall–Kier alpha value is -0.540. The number of thioether (sulfide) groups is 1. The molecule has 0 aliphatic rings. The maximum Gasteiger partial charge on any atom is 0.0831 e. The van der Waals surface area contributed by atoms with Crippen LogP contribution in [0.15, 0.2) is 29.2 Å². The Kier molecular flexibility index (Phi) is 3.56. The van der Waals surface area contributed by atoms with E-state index in [1.807, 2.05) is 12.1 Å². The van der Waals surface area contributed by atoms with Crippen LogP contribution >= 0.6 is 24.0 Å². The fourth-order valence-corrected chi connectivity index (χ4v) is 1.81. The molecule has 1 aromatic rings. The summed E-state index contributed by atoms with van der Waals surface area (Å²) >= 11 is 6.48. The predicted octanol–water partition coefficient (Wildman–Crippen LogP) is 2.37. The zero-order valence-corrected chi connectivity index (χ0v) is 8.54. The largest absolute Gasteiger partial charge is 0.393 e. The summed E-state index contributed by atoms with van der Waals surface area (Å²) in [5, 5.41) is 0. The second-order valence-corrected chi connectivity index (χ2v) is 4.06. The van der Waals surface area contributed by atoms with Crippen molar-refractivity contribution < 1.29 is 0 Å². The molecule has 0 aromatic heterocycles. The molecule has 0 bridgehead atoms. The van der Waals surface area contributed by atoms with Crippen molar-refractivity contribution in [1.82, 2.24) is 0 Å². The van der Waals surface area contributed by atoms with Gasteiger partial charge in [-0.25, -0.2) is 0 Å². The van der Waals surface area contributed by atoms with Crippen LogP contribution in [0.5, 0.6) is 0 Å². The Morgan fingerprint density at radius 3 is 2.75 bits per heavy atom. The second kappa shape index (κ2) is 4.48. The van der Waals surface area contributed by atoms with E-state index in [1.54, 1.807) is 11.8 Å². The minimum atomic E-state index is 0.559. The highest BCUT2D eigenvalue weighted by atomic mass is 32.2. The average Bonchev–Trinajstić information content (AvgIpc) is 2.03. The molecule has 0 atom stereocenters. The van der Waals surface area contributed by atoms with Crippen molar-refractivity contribution in [3.8, 4) is 0 Å². The average molecular weight is 197 g/mol. The first-order valence-corrected chi connectivity index (χ1v) is 5.06. The fraction of sp³-hybridized carbons (Fsp3) is 0.222. The van der Waals surface area contributed by atoms with E-state index in [1.165, 1.54) is 10.5 Å². The summed E-state index contributed by atoms with van der Waals surface area (Å²) < 4.78 is 0. The lowest BCUT2D eigenvalue weighted by atomic mass is 10.2. The van der Waals surface area contributed by atoms with Crippen LogP contribution in [0.25, 0.3) is 0 Å². The van der Waals surface area contributed by atoms with Gasteiger partial charge in [0.15, 0.2) is 0 Å². The third-order valence-corrected chi connectivity index (χ3v) is 3.01. The van der Waals surface area contributed by atoms with Crippen LogP contribution in [0.3, 0.4) is 0 Å². The molecule has 2 N–H and O–H groups in total. The van der Waals surface area contributed by atoms with E-state index in [0.29, 0.717) is 4.99 Å². The number of thiocarbonyl (C=S) groups is 1. The van der Waals surface area contributed by atoms with Crippen molar-refractivity contribution in [1.29, 1.82) is 0 Å². The molecule has 0 heterocycles. The van der Waals surface area contributed by atoms with E-state index in [4.69, 9.17) is 18.0 Å². The molecular formula is C9H11NS2. The van der Waals surface area contributed by atoms with Gasteiger partial charge in [-0.05, 0) is 18.6 Å². The van der Waals surface area contributed by atoms with Crippen LogP contribution in [0.1, 0.15) is 5.56 Å². The number of hydrogen-bond donors (Lipinski definition) is 1. The monoisotopic (exact) mass is 197 g/mol. The predicted molar refractivity (Wildman–Crippen MR) is 58.7 cm³/mol. The number of hydrogen-bond acceptors (Lipinski definition) is 2. The quantitative estimate of drug-likeness (QED) is 0.595. The Bertz CT molecular complexity index is 284. The van der Waals surface area contributed by atoms with Crippen LogP contribution < -0.4 is 5.73 Å². The molecule has 0 aliphatic carbocycles. The molecule has 0 radical (unpaired) electrons. The second-order valence-electron chi connectivity index (χ2n) is 2.52. The van der Waals surface area contributed by atoms with E-state index in [9.17, 15) is 0 Å². The van der Waals surface area contributed by atoms with Gasteiger partial charge in [0.25, 0.3) is 0 Å². The van der Waals surface area contributed by atoms with Crippen molar-refractivity contribution in [3.63, 3.8) is 0 Å². The zero-order chi connectivity index (χ0) is 8.97. The summed E-state index contributed by atoms with van der Waals surface area (Å²) in [5.41, 5.74) is 6.68. The van der Waals surface area contributed by atoms with Gasteiger partial charge in [-0.1, -0.05) is 30.4 Å². The summed E-state index contributed by atoms with van der Waals surface area (Å²) in [6.07, 6.45) is 0. The van der Waals surface area contributed by atoms with Gasteiger partial charge in [0, 0.05) is 10.6 Å². The lowest BCUT2D eigenvalue weighted by Gasteiger charge is -2.02. The standard InChI is InChI=1S/C9H11NS2/c1-7-4-2-3-5-8(7)12-6-9(10)11/h2-5H,6H2,1H3,(H2,10,11). The molecule has 1 rings (SSSR count). The van der Waals surface area contributed by atoms with Gasteiger partial charge >= 0.3 is 0 Å². The number of benzene rings is 1. The highest BCUT2D eigenvalue weighted by molar-refractivity contribution is 8.01. The first kappa shape index (κ1) is 9.55. The van der Waals surface area contributed by atoms with Crippen LogP contribution in [0.4, 0.5) is 0 Å². The highest BCUT2D eigenvalue weighted by Gasteiger charge is 1.97. The lowest BCUT2D eigenvalue weighted by molar-refractivity contribution is 1.30. The molecule has 0 amide bonds. The number of nitrogens with two attached hydrogens (primary N) is 1. The Morgan fingerprint density at radius 1 is 1.50 bits per heavy atom. The maximum absolute atomic E-state index is 5.40. The number of aryl methyl sites for hydroxylation is 1. The van der Waals surface area contributed by atoms with Crippen molar-refractivity contribution >= 4 is 29.0 Å². The van der Waals surface area contributed by atoms with Crippen LogP contribution in [0, 0.1) is 6.92 Å². The summed E-state index contributed by atoms with van der Waals surface area (Å²) in [4.78, 5) is 1.81. The fourth-order valence-electron chi connectivity index (χ4n) is 0.867. The molecule has 1 aromatic carbocycles. The van der Waals surface area contributed by atoms with Crippen LogP contribution in [-0.2, 0) is 0 Å². The summed E-state index contributed by atoms with van der Waals surface area (Å²) in [5.74, 6) is 0.722. The molecule has 0 spiro atoms. The van der Waals surface area contributed by atoms with Gasteiger partial charge in [0.2, 0.25) is 0 Å². The number of rotatable bonds is 3. The van der Waals surface area contributed by atoms with Crippen LogP contribution in [0.2, 0.25) is 0 Å². The molecule has 12 heavy (non-hydrogen) atoms. The summed E-state index contributed by atoms with van der Waals surface area (Å²) in [6, 6.07) is 8.22. The Balaban J connectivity index is 2.63. The minimum Gasteiger partial charge on any atom is -0.393 e. The first-order valence-electron chi connectivity index (χ1n) is 3.67. The van der Waals surface area contributed by atoms with E-state index in [2.05, 4.69) is 19.1 Å². The van der Waals surface area contributed by atoms with Gasteiger partial charge in [-0.2, -0.15) is 0 Å². The Labute approximate surface area is 82.3 Å². The lowest BCUT2D eigenvalue weighted by Crippen LogP contribution is -2.10. The molecule has 1 nitrogen and oxygen atoms in total. The van der Waals surface area contributed by atoms with E-state index in [-0.39, 0.29) is 0 Å². The maximum atomic E-state index is 5.40. The molecule has 0 aliphatic heterocycles. The third kappa shape index (κ3) is 2.83. The molecule has 0 fully saturated rings. The van der Waals surface area contributed by atoms with Gasteiger partial charge in [-0.3, -0.25) is 0 Å². The van der Waals surface area contributed by atoms with Crippen LogP contribution in [-0.4, -0.2) is 10.7 Å². The summed E-state index contributed by atoms with van der Waals surface area (Å²) in [6.45, 7) is 2.09. The van der Waals surface area contributed by atoms with Crippen molar-refractivity contribution in [2.45, 2.75) is 11.8 Å². The molecule has 64 valence electrons. The minimum absolute atomic E-state index is 0.559. The van der Waals surface area contributed by atoms with Gasteiger partial charge < -0.3 is 5.73 Å². The first-order chi connectivity index (χ1) is 5.70. The highest BCUT2D eigenvalue weighted by Crippen LogP contribution is 2.21. The SMILES string of the molecule is Cc1ccccc1SCC(N)=S. The van der Waals surface area contributed by atoms with E-state index >= 15 is 0 Å². The normalized spacial score (nSPS) is 9.75. The molecule has 0 saturated heterocycles. The molecule has 0 saturated carbocycles. The molecule has 3 heteroatoms. The van der Waals surface area contributed by atoms with Crippen molar-refractivity contribution in [2.75, 3.05) is 5.75 Å². The topological polar surface area (TPSA) is 26.0 Å². The molecular weight excluding hydrogens is 186 g/mol. The third-order valence-electron chi connectivity index (χ3n) is 1.46. The van der Waals surface area contributed by atoms with Gasteiger partial charge in [-0.15, -0.1) is 11.8 Å². The summed E-state index contributed by atoms with van der Waals surface area (Å²) in [7, 11) is 0. The van der Waals surface area contributed by atoms with Gasteiger partial charge in [0.05, 0.1) is 4.99 Å². The van der Waals surface area contributed by atoms with Gasteiger partial charge in [0.1, 0.15) is 0 Å². The van der Waals surface area contributed by atoms with Crippen molar-refractivity contribution in [2.24, 2.45) is 5.73 Å². The van der Waals surface area contributed by atoms with E-state index in [0.717, 1.165) is 5.75 Å². The smallest absolute Gasteiger partial charge is 0.0831 e.